The highest BCUT2D eigenvalue weighted by Gasteiger charge is 2.30. The molecule has 1 saturated heterocycles. The van der Waals surface area contributed by atoms with Crippen LogP contribution in [0.1, 0.15) is 12.8 Å². The molecular weight excluding hydrogens is 250 g/mol. The zero-order valence-electron chi connectivity index (χ0n) is 8.56. The Morgan fingerprint density at radius 1 is 1.44 bits per heavy atom. The Morgan fingerprint density at radius 2 is 2.25 bits per heavy atom. The molecule has 2 rings (SSSR count). The predicted octanol–water partition coefficient (Wildman–Crippen LogP) is 0.656. The number of hydrogen-bond acceptors (Lipinski definition) is 5. The van der Waals surface area contributed by atoms with Crippen molar-refractivity contribution in [1.29, 1.82) is 0 Å². The number of aromatic nitrogens is 2. The van der Waals surface area contributed by atoms with Crippen molar-refractivity contribution in [3.05, 3.63) is 17.5 Å². The number of halogens is 1. The van der Waals surface area contributed by atoms with Crippen molar-refractivity contribution in [3.8, 4) is 0 Å². The second-order valence-electron chi connectivity index (χ2n) is 3.69. The highest BCUT2D eigenvalue weighted by Crippen LogP contribution is 2.20. The van der Waals surface area contributed by atoms with Gasteiger partial charge < -0.3 is 5.32 Å². The standard InChI is InChI=1S/C9H12ClN3O2S/c10-8-4-9(13-6-12-8)16(14,15)7-2-1-3-11-5-7/h4,6-7,11H,1-3,5H2/t7-/m0/s1. The molecule has 0 spiro atoms. The molecule has 1 atom stereocenters. The highest BCUT2D eigenvalue weighted by atomic mass is 35.5. The smallest absolute Gasteiger partial charge is 0.199 e. The molecule has 0 radical (unpaired) electrons. The summed E-state index contributed by atoms with van der Waals surface area (Å²) in [6, 6.07) is 1.30. The van der Waals surface area contributed by atoms with Gasteiger partial charge in [0.25, 0.3) is 0 Å². The summed E-state index contributed by atoms with van der Waals surface area (Å²) in [5.74, 6) is 0. The van der Waals surface area contributed by atoms with E-state index in [2.05, 4.69) is 15.3 Å². The van der Waals surface area contributed by atoms with E-state index in [1.807, 2.05) is 0 Å². The Hall–Kier alpha value is -0.720. The number of piperidine rings is 1. The lowest BCUT2D eigenvalue weighted by molar-refractivity contribution is 0.495. The van der Waals surface area contributed by atoms with E-state index >= 15 is 0 Å². The van der Waals surface area contributed by atoms with Crippen molar-refractivity contribution >= 4 is 21.4 Å². The summed E-state index contributed by atoms with van der Waals surface area (Å²) < 4.78 is 24.3. The lowest BCUT2D eigenvalue weighted by Gasteiger charge is -2.22. The largest absolute Gasteiger partial charge is 0.315 e. The summed E-state index contributed by atoms with van der Waals surface area (Å²) in [5.41, 5.74) is 0. The molecule has 7 heteroatoms. The number of hydrogen-bond donors (Lipinski definition) is 1. The SMILES string of the molecule is O=S(=O)(c1cc(Cl)ncn1)[C@H]1CCCNC1. The van der Waals surface area contributed by atoms with E-state index in [0.717, 1.165) is 13.0 Å². The first-order valence-corrected chi connectivity index (χ1v) is 6.95. The lowest BCUT2D eigenvalue weighted by atomic mass is 10.2. The second-order valence-corrected chi connectivity index (χ2v) is 6.25. The maximum atomic E-state index is 12.2. The fourth-order valence-corrected chi connectivity index (χ4v) is 3.57. The Labute approximate surface area is 99.2 Å². The molecule has 1 aliphatic heterocycles. The average molecular weight is 262 g/mol. The van der Waals surface area contributed by atoms with Crippen LogP contribution in [0.5, 0.6) is 0 Å². The van der Waals surface area contributed by atoms with Crippen LogP contribution in [0.15, 0.2) is 17.4 Å². The Bertz CT molecular complexity index is 471. The van der Waals surface area contributed by atoms with Crippen molar-refractivity contribution in [1.82, 2.24) is 15.3 Å². The van der Waals surface area contributed by atoms with Crippen LogP contribution >= 0.6 is 11.6 Å². The quantitative estimate of drug-likeness (QED) is 0.792. The lowest BCUT2D eigenvalue weighted by Crippen LogP contribution is -2.39. The molecule has 0 bridgehead atoms. The minimum atomic E-state index is -3.38. The normalized spacial score (nSPS) is 21.9. The molecule has 88 valence electrons. The monoisotopic (exact) mass is 261 g/mol. The predicted molar refractivity (Wildman–Crippen MR) is 60.1 cm³/mol. The van der Waals surface area contributed by atoms with Gasteiger partial charge in [-0.2, -0.15) is 0 Å². The Morgan fingerprint density at radius 3 is 2.88 bits per heavy atom. The van der Waals surface area contributed by atoms with Crippen molar-refractivity contribution < 1.29 is 8.42 Å². The zero-order chi connectivity index (χ0) is 11.6. The fourth-order valence-electron chi connectivity index (χ4n) is 1.73. The first kappa shape index (κ1) is 11.8. The van der Waals surface area contributed by atoms with Gasteiger partial charge in [0, 0.05) is 12.6 Å². The molecule has 1 aromatic rings. The summed E-state index contributed by atoms with van der Waals surface area (Å²) in [6.07, 6.45) is 2.70. The maximum Gasteiger partial charge on any atom is 0.199 e. The van der Waals surface area contributed by atoms with Crippen LogP contribution in [0.4, 0.5) is 0 Å². The van der Waals surface area contributed by atoms with E-state index in [1.165, 1.54) is 12.4 Å². The number of sulfone groups is 1. The first-order chi connectivity index (χ1) is 7.60. The molecule has 0 aliphatic carbocycles. The van der Waals surface area contributed by atoms with Crippen LogP contribution in [0, 0.1) is 0 Å². The Balaban J connectivity index is 2.30. The number of nitrogens with one attached hydrogen (secondary N) is 1. The van der Waals surface area contributed by atoms with E-state index < -0.39 is 15.1 Å². The molecule has 1 fully saturated rings. The summed E-state index contributed by atoms with van der Waals surface area (Å²) in [4.78, 5) is 7.45. The molecule has 1 aliphatic rings. The molecule has 16 heavy (non-hydrogen) atoms. The average Bonchev–Trinajstić information content (AvgIpc) is 2.30. The minimum Gasteiger partial charge on any atom is -0.315 e. The first-order valence-electron chi connectivity index (χ1n) is 5.03. The zero-order valence-corrected chi connectivity index (χ0v) is 10.1. The van der Waals surface area contributed by atoms with E-state index in [0.29, 0.717) is 13.0 Å². The molecule has 0 unspecified atom stereocenters. The third-order valence-corrected chi connectivity index (χ3v) is 4.88. The maximum absolute atomic E-state index is 12.2. The molecule has 1 aromatic heterocycles. The Kier molecular flexibility index (Phi) is 3.41. The van der Waals surface area contributed by atoms with Gasteiger partial charge >= 0.3 is 0 Å². The topological polar surface area (TPSA) is 72.0 Å². The van der Waals surface area contributed by atoms with Gasteiger partial charge in [0.2, 0.25) is 0 Å². The van der Waals surface area contributed by atoms with E-state index in [-0.39, 0.29) is 10.2 Å². The molecule has 0 saturated carbocycles. The van der Waals surface area contributed by atoms with Crippen LogP contribution in [0.3, 0.4) is 0 Å². The number of rotatable bonds is 2. The van der Waals surface area contributed by atoms with Crippen molar-refractivity contribution in [2.45, 2.75) is 23.1 Å². The van der Waals surface area contributed by atoms with Crippen LogP contribution in [0.2, 0.25) is 5.15 Å². The van der Waals surface area contributed by atoms with E-state index in [4.69, 9.17) is 11.6 Å². The highest BCUT2D eigenvalue weighted by molar-refractivity contribution is 7.92. The van der Waals surface area contributed by atoms with Gasteiger partial charge in [-0.15, -0.1) is 0 Å². The van der Waals surface area contributed by atoms with Gasteiger partial charge in [0.05, 0.1) is 5.25 Å². The van der Waals surface area contributed by atoms with Gasteiger partial charge in [0.1, 0.15) is 11.5 Å². The summed E-state index contributed by atoms with van der Waals surface area (Å²) >= 11 is 5.66. The van der Waals surface area contributed by atoms with E-state index in [9.17, 15) is 8.42 Å². The second kappa shape index (κ2) is 4.65. The van der Waals surface area contributed by atoms with Crippen LogP contribution in [-0.2, 0) is 9.84 Å². The van der Waals surface area contributed by atoms with Gasteiger partial charge in [-0.25, -0.2) is 18.4 Å². The van der Waals surface area contributed by atoms with Crippen molar-refractivity contribution in [2.75, 3.05) is 13.1 Å². The summed E-state index contributed by atoms with van der Waals surface area (Å²) in [7, 11) is -3.38. The number of nitrogens with zero attached hydrogens (tertiary/aromatic N) is 2. The molecular formula is C9H12ClN3O2S. The van der Waals surface area contributed by atoms with E-state index in [1.54, 1.807) is 0 Å². The third-order valence-electron chi connectivity index (χ3n) is 2.59. The van der Waals surface area contributed by atoms with Crippen molar-refractivity contribution in [2.24, 2.45) is 0 Å². The van der Waals surface area contributed by atoms with Crippen LogP contribution in [0.25, 0.3) is 0 Å². The summed E-state index contributed by atoms with van der Waals surface area (Å²) in [5, 5.41) is 2.83. The van der Waals surface area contributed by atoms with Gasteiger partial charge in [-0.3, -0.25) is 0 Å². The molecule has 2 heterocycles. The fraction of sp³-hybridized carbons (Fsp3) is 0.556. The molecule has 1 N–H and O–H groups in total. The molecule has 0 amide bonds. The van der Waals surface area contributed by atoms with Crippen LogP contribution in [-0.4, -0.2) is 36.7 Å². The minimum absolute atomic E-state index is 0.0150. The summed E-state index contributed by atoms with van der Waals surface area (Å²) in [6.45, 7) is 1.35. The molecule has 0 aromatic carbocycles. The van der Waals surface area contributed by atoms with Gasteiger partial charge in [-0.05, 0) is 19.4 Å². The van der Waals surface area contributed by atoms with Gasteiger partial charge in [-0.1, -0.05) is 11.6 Å². The van der Waals surface area contributed by atoms with Gasteiger partial charge in [0.15, 0.2) is 14.9 Å². The molecule has 5 nitrogen and oxygen atoms in total. The third kappa shape index (κ3) is 2.34. The van der Waals surface area contributed by atoms with Crippen LogP contribution < -0.4 is 5.32 Å². The van der Waals surface area contributed by atoms with Crippen molar-refractivity contribution in [3.63, 3.8) is 0 Å².